The molecule has 0 radical (unpaired) electrons. The molecule has 8 nitrogen and oxygen atoms in total. The molecule has 9 heteroatoms. The Labute approximate surface area is 184 Å². The van der Waals surface area contributed by atoms with E-state index in [4.69, 9.17) is 0 Å². The Hall–Kier alpha value is -1.65. The van der Waals surface area contributed by atoms with Gasteiger partial charge in [0.25, 0.3) is 0 Å². The van der Waals surface area contributed by atoms with E-state index in [2.05, 4.69) is 35.4 Å². The summed E-state index contributed by atoms with van der Waals surface area (Å²) in [6.45, 7) is 4.02. The van der Waals surface area contributed by atoms with Crippen LogP contribution < -0.4 is 15.5 Å². The molecule has 1 saturated carbocycles. The number of aliphatic imine (C=N–C) groups is 1. The van der Waals surface area contributed by atoms with Crippen molar-refractivity contribution in [3.05, 3.63) is 18.5 Å². The van der Waals surface area contributed by atoms with Gasteiger partial charge in [0.1, 0.15) is 0 Å². The maximum absolute atomic E-state index is 12.1. The standard InChI is InChI=1S/C19H31N7O.HI/c1-20-18(23-11-8-17(27)24-16-6-3-2-4-7-16)25-12-14-26(15-13-25)19-21-9-5-10-22-19;/h5,9-10,16H,2-4,6-8,11-15H2,1H3,(H,20,23)(H,24,27);1H. The zero-order valence-corrected chi connectivity index (χ0v) is 19.0. The van der Waals surface area contributed by atoms with Crippen LogP contribution in [0.2, 0.25) is 0 Å². The second-order valence-corrected chi connectivity index (χ2v) is 7.15. The molecule has 3 rings (SSSR count). The number of nitrogens with one attached hydrogen (secondary N) is 2. The van der Waals surface area contributed by atoms with Crippen LogP contribution in [0.1, 0.15) is 38.5 Å². The van der Waals surface area contributed by atoms with E-state index in [0.29, 0.717) is 19.0 Å². The SMILES string of the molecule is CN=C(NCCC(=O)NC1CCCCC1)N1CCN(c2ncccn2)CC1.I. The Bertz CT molecular complexity index is 614. The zero-order chi connectivity index (χ0) is 18.9. The van der Waals surface area contributed by atoms with Crippen molar-refractivity contribution in [3.8, 4) is 0 Å². The minimum Gasteiger partial charge on any atom is -0.356 e. The molecule has 0 spiro atoms. The molecule has 0 aromatic carbocycles. The average Bonchev–Trinajstić information content (AvgIpc) is 2.73. The molecule has 1 saturated heterocycles. The third-order valence-corrected chi connectivity index (χ3v) is 5.23. The number of carbonyl (C=O) groups excluding carboxylic acids is 1. The van der Waals surface area contributed by atoms with Crippen LogP contribution in [0.15, 0.2) is 23.5 Å². The van der Waals surface area contributed by atoms with Crippen molar-refractivity contribution in [1.29, 1.82) is 0 Å². The second kappa shape index (κ2) is 12.0. The molecule has 1 aliphatic heterocycles. The topological polar surface area (TPSA) is 85.8 Å². The molecule has 1 aliphatic carbocycles. The summed E-state index contributed by atoms with van der Waals surface area (Å²) >= 11 is 0. The number of halogens is 1. The lowest BCUT2D eigenvalue weighted by molar-refractivity contribution is -0.121. The van der Waals surface area contributed by atoms with E-state index in [0.717, 1.165) is 50.9 Å². The van der Waals surface area contributed by atoms with Gasteiger partial charge in [-0.25, -0.2) is 9.97 Å². The minimum atomic E-state index is 0. The highest BCUT2D eigenvalue weighted by Crippen LogP contribution is 2.17. The van der Waals surface area contributed by atoms with Crippen molar-refractivity contribution < 1.29 is 4.79 Å². The monoisotopic (exact) mass is 501 g/mol. The molecule has 1 aromatic rings. The van der Waals surface area contributed by atoms with Crippen LogP contribution in [0.3, 0.4) is 0 Å². The number of amides is 1. The summed E-state index contributed by atoms with van der Waals surface area (Å²) < 4.78 is 0. The predicted octanol–water partition coefficient (Wildman–Crippen LogP) is 1.63. The van der Waals surface area contributed by atoms with E-state index >= 15 is 0 Å². The average molecular weight is 501 g/mol. The fourth-order valence-corrected chi connectivity index (χ4v) is 3.74. The molecule has 1 amide bonds. The molecule has 2 fully saturated rings. The van der Waals surface area contributed by atoms with Crippen molar-refractivity contribution in [2.45, 2.75) is 44.6 Å². The summed E-state index contributed by atoms with van der Waals surface area (Å²) in [5.74, 6) is 1.77. The number of nitrogens with zero attached hydrogens (tertiary/aromatic N) is 5. The Morgan fingerprint density at radius 3 is 2.46 bits per heavy atom. The molecule has 156 valence electrons. The first-order valence-corrected chi connectivity index (χ1v) is 10.0. The van der Waals surface area contributed by atoms with E-state index in [-0.39, 0.29) is 29.9 Å². The first-order chi connectivity index (χ1) is 13.3. The lowest BCUT2D eigenvalue weighted by Crippen LogP contribution is -2.53. The molecule has 0 unspecified atom stereocenters. The lowest BCUT2D eigenvalue weighted by Gasteiger charge is -2.36. The molecular weight excluding hydrogens is 469 g/mol. The van der Waals surface area contributed by atoms with Gasteiger partial charge >= 0.3 is 0 Å². The normalized spacial score (nSPS) is 18.4. The summed E-state index contributed by atoms with van der Waals surface area (Å²) in [5.41, 5.74) is 0. The maximum atomic E-state index is 12.1. The van der Waals surface area contributed by atoms with E-state index in [9.17, 15) is 4.79 Å². The van der Waals surface area contributed by atoms with E-state index < -0.39 is 0 Å². The molecule has 0 atom stereocenters. The Kier molecular flexibility index (Phi) is 9.72. The van der Waals surface area contributed by atoms with E-state index in [1.165, 1.54) is 19.3 Å². The van der Waals surface area contributed by atoms with Gasteiger partial charge in [-0.3, -0.25) is 9.79 Å². The van der Waals surface area contributed by atoms with E-state index in [1.807, 2.05) is 6.07 Å². The highest BCUT2D eigenvalue weighted by molar-refractivity contribution is 14.0. The largest absolute Gasteiger partial charge is 0.356 e. The molecular formula is C19H32IN7O. The van der Waals surface area contributed by atoms with Gasteiger partial charge in [0.05, 0.1) is 0 Å². The Morgan fingerprint density at radius 2 is 1.82 bits per heavy atom. The van der Waals surface area contributed by atoms with Crippen LogP contribution in [0.5, 0.6) is 0 Å². The van der Waals surface area contributed by atoms with Crippen LogP contribution in [-0.4, -0.2) is 72.5 Å². The number of carbonyl (C=O) groups is 1. The molecule has 2 aliphatic rings. The summed E-state index contributed by atoms with van der Waals surface area (Å²) in [7, 11) is 1.79. The Balaban J connectivity index is 0.00000280. The smallest absolute Gasteiger partial charge is 0.225 e. The highest BCUT2D eigenvalue weighted by atomic mass is 127. The third kappa shape index (κ3) is 6.75. The number of piperazine rings is 1. The summed E-state index contributed by atoms with van der Waals surface area (Å²) in [6, 6.07) is 2.20. The van der Waals surface area contributed by atoms with Crippen molar-refractivity contribution >= 4 is 41.8 Å². The number of hydrogen-bond acceptors (Lipinski definition) is 5. The van der Waals surface area contributed by atoms with Crippen LogP contribution in [-0.2, 0) is 4.79 Å². The second-order valence-electron chi connectivity index (χ2n) is 7.15. The first kappa shape index (κ1) is 22.6. The third-order valence-electron chi connectivity index (χ3n) is 5.23. The van der Waals surface area contributed by atoms with Crippen LogP contribution in [0, 0.1) is 0 Å². The van der Waals surface area contributed by atoms with Crippen LogP contribution in [0.4, 0.5) is 5.95 Å². The lowest BCUT2D eigenvalue weighted by atomic mass is 9.95. The van der Waals surface area contributed by atoms with Gasteiger partial charge in [-0.15, -0.1) is 24.0 Å². The molecule has 1 aromatic heterocycles. The maximum Gasteiger partial charge on any atom is 0.225 e. The number of rotatable bonds is 5. The van der Waals surface area contributed by atoms with Crippen molar-refractivity contribution in [3.63, 3.8) is 0 Å². The number of hydrogen-bond donors (Lipinski definition) is 2. The van der Waals surface area contributed by atoms with Gasteiger partial charge in [-0.05, 0) is 18.9 Å². The van der Waals surface area contributed by atoms with Crippen molar-refractivity contribution in [2.75, 3.05) is 44.7 Å². The summed E-state index contributed by atoms with van der Waals surface area (Å²) in [6.07, 6.45) is 10.0. The fourth-order valence-electron chi connectivity index (χ4n) is 3.74. The molecule has 2 N–H and O–H groups in total. The van der Waals surface area contributed by atoms with Gasteiger partial charge in [-0.1, -0.05) is 19.3 Å². The quantitative estimate of drug-likeness (QED) is 0.363. The molecule has 28 heavy (non-hydrogen) atoms. The minimum absolute atomic E-state index is 0. The highest BCUT2D eigenvalue weighted by Gasteiger charge is 2.21. The molecule has 2 heterocycles. The van der Waals surface area contributed by atoms with Crippen LogP contribution in [0.25, 0.3) is 0 Å². The molecule has 0 bridgehead atoms. The zero-order valence-electron chi connectivity index (χ0n) is 16.6. The number of aromatic nitrogens is 2. The van der Waals surface area contributed by atoms with Gasteiger partial charge in [-0.2, -0.15) is 0 Å². The van der Waals surface area contributed by atoms with Gasteiger partial charge in [0, 0.05) is 64.6 Å². The Morgan fingerprint density at radius 1 is 1.14 bits per heavy atom. The van der Waals surface area contributed by atoms with Crippen LogP contribution >= 0.6 is 24.0 Å². The summed E-state index contributed by atoms with van der Waals surface area (Å²) in [5, 5.41) is 6.49. The van der Waals surface area contributed by atoms with Gasteiger partial charge < -0.3 is 20.4 Å². The fraction of sp³-hybridized carbons (Fsp3) is 0.684. The number of anilines is 1. The van der Waals surface area contributed by atoms with E-state index in [1.54, 1.807) is 19.4 Å². The first-order valence-electron chi connectivity index (χ1n) is 10.0. The van der Waals surface area contributed by atoms with Gasteiger partial charge in [0.2, 0.25) is 11.9 Å². The predicted molar refractivity (Wildman–Crippen MR) is 122 cm³/mol. The number of guanidine groups is 1. The van der Waals surface area contributed by atoms with Crippen molar-refractivity contribution in [2.24, 2.45) is 4.99 Å². The summed E-state index contributed by atoms with van der Waals surface area (Å²) in [4.78, 5) is 29.5. The van der Waals surface area contributed by atoms with Crippen molar-refractivity contribution in [1.82, 2.24) is 25.5 Å². The van der Waals surface area contributed by atoms with Gasteiger partial charge in [0.15, 0.2) is 5.96 Å².